The molecular formula is C21H30N2O5. The van der Waals surface area contributed by atoms with Gasteiger partial charge in [-0.3, -0.25) is 9.69 Å². The number of esters is 1. The van der Waals surface area contributed by atoms with Crippen LogP contribution in [0.4, 0.5) is 4.79 Å². The molecule has 2 amide bonds. The van der Waals surface area contributed by atoms with Crippen LogP contribution in [0, 0.1) is 0 Å². The quantitative estimate of drug-likeness (QED) is 0.796. The number of piperidine rings is 1. The summed E-state index contributed by atoms with van der Waals surface area (Å²) >= 11 is 0. The molecule has 1 heterocycles. The molecule has 0 aromatic heterocycles. The van der Waals surface area contributed by atoms with Crippen LogP contribution < -0.4 is 5.32 Å². The van der Waals surface area contributed by atoms with Crippen molar-refractivity contribution in [3.8, 4) is 0 Å². The summed E-state index contributed by atoms with van der Waals surface area (Å²) in [5.41, 5.74) is 0.707. The van der Waals surface area contributed by atoms with Crippen LogP contribution in [-0.4, -0.2) is 48.2 Å². The van der Waals surface area contributed by atoms with E-state index >= 15 is 0 Å². The summed E-state index contributed by atoms with van der Waals surface area (Å²) in [4.78, 5) is 38.4. The maximum atomic E-state index is 12.8. The van der Waals surface area contributed by atoms with Gasteiger partial charge in [-0.15, -0.1) is 0 Å². The van der Waals surface area contributed by atoms with E-state index in [1.807, 2.05) is 27.7 Å². The third-order valence-electron chi connectivity index (χ3n) is 4.62. The van der Waals surface area contributed by atoms with Crippen molar-refractivity contribution in [2.45, 2.75) is 64.6 Å². The number of carbonyl (C=O) groups excluding carboxylic acids is 3. The Labute approximate surface area is 166 Å². The fraction of sp³-hybridized carbons (Fsp3) is 0.571. The zero-order chi connectivity index (χ0) is 20.9. The van der Waals surface area contributed by atoms with Crippen molar-refractivity contribution in [3.05, 3.63) is 35.4 Å². The Bertz CT molecular complexity index is 709. The van der Waals surface area contributed by atoms with Gasteiger partial charge in [0.1, 0.15) is 11.6 Å². The number of rotatable bonds is 4. The molecule has 0 spiro atoms. The second kappa shape index (κ2) is 9.08. The van der Waals surface area contributed by atoms with Gasteiger partial charge in [0, 0.05) is 6.54 Å². The molecule has 2 atom stereocenters. The number of nitrogens with one attached hydrogen (secondary N) is 1. The summed E-state index contributed by atoms with van der Waals surface area (Å²) in [5, 5.41) is 2.97. The van der Waals surface area contributed by atoms with Crippen molar-refractivity contribution >= 4 is 18.0 Å². The molecule has 0 bridgehead atoms. The first-order valence-electron chi connectivity index (χ1n) is 9.60. The van der Waals surface area contributed by atoms with Gasteiger partial charge in [-0.2, -0.15) is 0 Å². The first-order chi connectivity index (χ1) is 13.1. The van der Waals surface area contributed by atoms with E-state index in [-0.39, 0.29) is 11.9 Å². The Balaban J connectivity index is 2.04. The van der Waals surface area contributed by atoms with Crippen LogP contribution in [0.15, 0.2) is 24.3 Å². The Hall–Kier alpha value is -2.57. The largest absolute Gasteiger partial charge is 0.465 e. The van der Waals surface area contributed by atoms with Gasteiger partial charge in [-0.05, 0) is 64.7 Å². The number of likely N-dealkylation sites (tertiary alicyclic amines) is 1. The number of carbonyl (C=O) groups is 3. The molecule has 1 aromatic rings. The van der Waals surface area contributed by atoms with Crippen LogP contribution in [-0.2, 0) is 14.3 Å². The molecule has 1 N–H and O–H groups in total. The summed E-state index contributed by atoms with van der Waals surface area (Å²) in [6.07, 6.45) is 1.90. The molecule has 154 valence electrons. The number of amides is 2. The van der Waals surface area contributed by atoms with E-state index in [1.165, 1.54) is 12.0 Å². The van der Waals surface area contributed by atoms with E-state index in [2.05, 4.69) is 5.32 Å². The summed E-state index contributed by atoms with van der Waals surface area (Å²) in [6.45, 7) is 7.80. The van der Waals surface area contributed by atoms with Crippen molar-refractivity contribution in [2.24, 2.45) is 0 Å². The highest BCUT2D eigenvalue weighted by molar-refractivity contribution is 5.89. The van der Waals surface area contributed by atoms with Crippen LogP contribution >= 0.6 is 0 Å². The van der Waals surface area contributed by atoms with Gasteiger partial charge >= 0.3 is 12.1 Å². The number of ether oxygens (including phenoxy) is 2. The third kappa shape index (κ3) is 5.71. The lowest BCUT2D eigenvalue weighted by Gasteiger charge is -2.36. The van der Waals surface area contributed by atoms with Crippen LogP contribution in [0.1, 0.15) is 68.9 Å². The van der Waals surface area contributed by atoms with Gasteiger partial charge in [-0.1, -0.05) is 12.1 Å². The molecule has 1 saturated heterocycles. The molecule has 2 rings (SSSR count). The van der Waals surface area contributed by atoms with Crippen LogP contribution in [0.3, 0.4) is 0 Å². The predicted molar refractivity (Wildman–Crippen MR) is 105 cm³/mol. The molecule has 1 fully saturated rings. The van der Waals surface area contributed by atoms with Crippen LogP contribution in [0.2, 0.25) is 0 Å². The minimum atomic E-state index is -0.607. The molecule has 1 aromatic carbocycles. The van der Waals surface area contributed by atoms with E-state index in [0.717, 1.165) is 18.4 Å². The zero-order valence-corrected chi connectivity index (χ0v) is 17.3. The van der Waals surface area contributed by atoms with Crippen molar-refractivity contribution in [2.75, 3.05) is 13.7 Å². The van der Waals surface area contributed by atoms with E-state index in [0.29, 0.717) is 18.5 Å². The summed E-state index contributed by atoms with van der Waals surface area (Å²) in [5.74, 6) is -0.603. The van der Waals surface area contributed by atoms with Crippen LogP contribution in [0.5, 0.6) is 0 Å². The van der Waals surface area contributed by atoms with Crippen molar-refractivity contribution < 1.29 is 23.9 Å². The lowest BCUT2D eigenvalue weighted by atomic mass is 10.0. The van der Waals surface area contributed by atoms with Gasteiger partial charge in [-0.25, -0.2) is 9.59 Å². The van der Waals surface area contributed by atoms with Gasteiger partial charge in [0.15, 0.2) is 0 Å². The maximum Gasteiger partial charge on any atom is 0.410 e. The first kappa shape index (κ1) is 21.7. The average Bonchev–Trinajstić information content (AvgIpc) is 2.66. The Kier molecular flexibility index (Phi) is 7.05. The highest BCUT2D eigenvalue weighted by Gasteiger charge is 2.35. The average molecular weight is 390 g/mol. The second-order valence-corrected chi connectivity index (χ2v) is 8.03. The molecule has 0 unspecified atom stereocenters. The van der Waals surface area contributed by atoms with E-state index < -0.39 is 23.7 Å². The minimum absolute atomic E-state index is 0.199. The van der Waals surface area contributed by atoms with Gasteiger partial charge < -0.3 is 14.8 Å². The van der Waals surface area contributed by atoms with E-state index in [9.17, 15) is 14.4 Å². The highest BCUT2D eigenvalue weighted by Crippen LogP contribution is 2.22. The molecule has 0 saturated carbocycles. The predicted octanol–water partition coefficient (Wildman–Crippen LogP) is 3.44. The number of methoxy groups -OCH3 is 1. The Morgan fingerprint density at radius 1 is 1.14 bits per heavy atom. The summed E-state index contributed by atoms with van der Waals surface area (Å²) in [6, 6.07) is 6.09. The van der Waals surface area contributed by atoms with Crippen molar-refractivity contribution in [3.63, 3.8) is 0 Å². The molecule has 0 aliphatic carbocycles. The molecule has 28 heavy (non-hydrogen) atoms. The SMILES string of the molecule is COC(=O)c1ccc([C@H](C)NC(=O)[C@H]2CCCCN2C(=O)OC(C)(C)C)cc1. The van der Waals surface area contributed by atoms with Gasteiger partial charge in [0.2, 0.25) is 5.91 Å². The van der Waals surface area contributed by atoms with E-state index in [1.54, 1.807) is 24.3 Å². The maximum absolute atomic E-state index is 12.8. The highest BCUT2D eigenvalue weighted by atomic mass is 16.6. The van der Waals surface area contributed by atoms with Gasteiger partial charge in [0.05, 0.1) is 18.7 Å². The number of nitrogens with zero attached hydrogens (tertiary/aromatic N) is 1. The molecule has 7 nitrogen and oxygen atoms in total. The Morgan fingerprint density at radius 3 is 2.36 bits per heavy atom. The second-order valence-electron chi connectivity index (χ2n) is 8.03. The molecular weight excluding hydrogens is 360 g/mol. The Morgan fingerprint density at radius 2 is 1.79 bits per heavy atom. The lowest BCUT2D eigenvalue weighted by Crippen LogP contribution is -2.53. The summed E-state index contributed by atoms with van der Waals surface area (Å²) < 4.78 is 10.1. The lowest BCUT2D eigenvalue weighted by molar-refractivity contribution is -0.128. The summed E-state index contributed by atoms with van der Waals surface area (Å²) in [7, 11) is 1.33. The van der Waals surface area contributed by atoms with Crippen LogP contribution in [0.25, 0.3) is 0 Å². The zero-order valence-electron chi connectivity index (χ0n) is 17.3. The fourth-order valence-electron chi connectivity index (χ4n) is 3.16. The molecule has 1 aliphatic rings. The molecule has 1 aliphatic heterocycles. The van der Waals surface area contributed by atoms with Crippen molar-refractivity contribution in [1.82, 2.24) is 10.2 Å². The number of hydrogen-bond acceptors (Lipinski definition) is 5. The normalized spacial score (nSPS) is 18.2. The molecule has 0 radical (unpaired) electrons. The standard InChI is InChI=1S/C21H30N2O5/c1-14(15-9-11-16(12-10-15)19(25)27-5)22-18(24)17-8-6-7-13-23(17)20(26)28-21(2,3)4/h9-12,14,17H,6-8,13H2,1-5H3,(H,22,24)/t14-,17+/m0/s1. The fourth-order valence-corrected chi connectivity index (χ4v) is 3.16. The minimum Gasteiger partial charge on any atom is -0.465 e. The topological polar surface area (TPSA) is 84.9 Å². The van der Waals surface area contributed by atoms with Gasteiger partial charge in [0.25, 0.3) is 0 Å². The third-order valence-corrected chi connectivity index (χ3v) is 4.62. The van der Waals surface area contributed by atoms with Crippen molar-refractivity contribution in [1.29, 1.82) is 0 Å². The van der Waals surface area contributed by atoms with E-state index in [4.69, 9.17) is 9.47 Å². The first-order valence-corrected chi connectivity index (χ1v) is 9.60. The molecule has 7 heteroatoms. The smallest absolute Gasteiger partial charge is 0.410 e. The number of hydrogen-bond donors (Lipinski definition) is 1. The number of benzene rings is 1. The monoisotopic (exact) mass is 390 g/mol.